The van der Waals surface area contributed by atoms with Gasteiger partial charge in [-0.2, -0.15) is 0 Å². The van der Waals surface area contributed by atoms with Crippen LogP contribution in [0.25, 0.3) is 22.3 Å². The van der Waals surface area contributed by atoms with Gasteiger partial charge in [-0.05, 0) is 23.9 Å². The second-order valence-electron chi connectivity index (χ2n) is 6.19. The number of pyridine rings is 1. The molecule has 24 heavy (non-hydrogen) atoms. The van der Waals surface area contributed by atoms with Gasteiger partial charge in [0.1, 0.15) is 5.82 Å². The number of nitrogens with one attached hydrogen (secondary N) is 1. The first-order valence-electron chi connectivity index (χ1n) is 8.03. The zero-order valence-corrected chi connectivity index (χ0v) is 13.4. The van der Waals surface area contributed by atoms with Crippen LogP contribution in [0.3, 0.4) is 0 Å². The van der Waals surface area contributed by atoms with Gasteiger partial charge in [0.05, 0.1) is 11.1 Å². The topological polar surface area (TPSA) is 68.9 Å². The Morgan fingerprint density at radius 1 is 1.29 bits per heavy atom. The van der Waals surface area contributed by atoms with Gasteiger partial charge in [-0.3, -0.25) is 9.59 Å². The Morgan fingerprint density at radius 3 is 2.92 bits per heavy atom. The van der Waals surface area contributed by atoms with Crippen molar-refractivity contribution < 1.29 is 4.79 Å². The lowest BCUT2D eigenvalue weighted by Gasteiger charge is -2.14. The summed E-state index contributed by atoms with van der Waals surface area (Å²) >= 11 is 0. The Balaban J connectivity index is 1.79. The molecule has 1 unspecified atom stereocenters. The fourth-order valence-electron chi connectivity index (χ4n) is 3.33. The van der Waals surface area contributed by atoms with Gasteiger partial charge >= 0.3 is 0 Å². The third-order valence-corrected chi connectivity index (χ3v) is 4.59. The third-order valence-electron chi connectivity index (χ3n) is 4.59. The van der Waals surface area contributed by atoms with Crippen molar-refractivity contribution in [3.63, 3.8) is 0 Å². The van der Waals surface area contributed by atoms with Crippen LogP contribution in [0.4, 0.5) is 0 Å². The number of amides is 1. The van der Waals surface area contributed by atoms with E-state index < -0.39 is 0 Å². The molecule has 1 amide bonds. The van der Waals surface area contributed by atoms with Gasteiger partial charge in [-0.15, -0.1) is 0 Å². The van der Waals surface area contributed by atoms with Crippen molar-refractivity contribution in [2.24, 2.45) is 7.05 Å². The van der Waals surface area contributed by atoms with Crippen molar-refractivity contribution in [2.75, 3.05) is 0 Å². The average molecular weight is 322 g/mol. The number of aryl methyl sites for hydroxylation is 1. The lowest BCUT2D eigenvalue weighted by molar-refractivity contribution is -0.119. The SMILES string of the molecule is Cn1c(=O)c(-c2nccn2CC2CCC(=O)N2)cc2ccccc21. The molecule has 1 fully saturated rings. The molecule has 0 bridgehead atoms. The lowest BCUT2D eigenvalue weighted by Crippen LogP contribution is -2.30. The van der Waals surface area contributed by atoms with Crippen molar-refractivity contribution in [1.29, 1.82) is 0 Å². The first-order chi connectivity index (χ1) is 11.6. The number of carbonyl (C=O) groups excluding carboxylic acids is 1. The number of rotatable bonds is 3. The second-order valence-corrected chi connectivity index (χ2v) is 6.19. The Kier molecular flexibility index (Phi) is 3.45. The molecule has 1 aromatic carbocycles. The summed E-state index contributed by atoms with van der Waals surface area (Å²) in [7, 11) is 1.78. The Hall–Kier alpha value is -2.89. The van der Waals surface area contributed by atoms with E-state index in [0.717, 1.165) is 17.3 Å². The molecule has 4 rings (SSSR count). The molecule has 0 aliphatic carbocycles. The molecule has 1 aliphatic heterocycles. The number of aromatic nitrogens is 3. The van der Waals surface area contributed by atoms with E-state index in [-0.39, 0.29) is 17.5 Å². The summed E-state index contributed by atoms with van der Waals surface area (Å²) in [6, 6.07) is 9.78. The van der Waals surface area contributed by atoms with Gasteiger partial charge in [0.15, 0.2) is 0 Å². The smallest absolute Gasteiger partial charge is 0.261 e. The van der Waals surface area contributed by atoms with Crippen LogP contribution in [0, 0.1) is 0 Å². The predicted octanol–water partition coefficient (Wildman–Crippen LogP) is 1.68. The van der Waals surface area contributed by atoms with E-state index >= 15 is 0 Å². The largest absolute Gasteiger partial charge is 0.352 e. The molecule has 3 heterocycles. The Bertz CT molecular complexity index is 986. The maximum atomic E-state index is 12.8. The van der Waals surface area contributed by atoms with Crippen molar-refractivity contribution in [2.45, 2.75) is 25.4 Å². The Labute approximate surface area is 138 Å². The number of para-hydroxylation sites is 1. The van der Waals surface area contributed by atoms with Crippen molar-refractivity contribution in [3.8, 4) is 11.4 Å². The standard InChI is InChI=1S/C18H18N4O2/c1-21-15-5-3-2-4-12(15)10-14(18(21)24)17-19-8-9-22(17)11-13-6-7-16(23)20-13/h2-5,8-10,13H,6-7,11H2,1H3,(H,20,23). The molecule has 6 nitrogen and oxygen atoms in total. The number of hydrogen-bond donors (Lipinski definition) is 1. The number of hydrogen-bond acceptors (Lipinski definition) is 3. The molecule has 122 valence electrons. The highest BCUT2D eigenvalue weighted by Gasteiger charge is 2.22. The van der Waals surface area contributed by atoms with Crippen LogP contribution < -0.4 is 10.9 Å². The summed E-state index contributed by atoms with van der Waals surface area (Å²) in [5.41, 5.74) is 1.40. The fraction of sp³-hybridized carbons (Fsp3) is 0.278. The summed E-state index contributed by atoms with van der Waals surface area (Å²) in [6.45, 7) is 0.622. The Morgan fingerprint density at radius 2 is 2.12 bits per heavy atom. The highest BCUT2D eigenvalue weighted by atomic mass is 16.2. The molecule has 6 heteroatoms. The van der Waals surface area contributed by atoms with Crippen molar-refractivity contribution in [3.05, 3.63) is 53.1 Å². The minimum Gasteiger partial charge on any atom is -0.352 e. The van der Waals surface area contributed by atoms with Crippen LogP contribution in [0.2, 0.25) is 0 Å². The van der Waals surface area contributed by atoms with E-state index in [9.17, 15) is 9.59 Å². The minimum atomic E-state index is -0.0726. The van der Waals surface area contributed by atoms with Crippen LogP contribution in [-0.4, -0.2) is 26.1 Å². The van der Waals surface area contributed by atoms with Gasteiger partial charge in [-0.1, -0.05) is 18.2 Å². The summed E-state index contributed by atoms with van der Waals surface area (Å²) in [5.74, 6) is 0.728. The molecular weight excluding hydrogens is 304 g/mol. The van der Waals surface area contributed by atoms with Crippen LogP contribution in [0.1, 0.15) is 12.8 Å². The maximum absolute atomic E-state index is 12.8. The molecular formula is C18H18N4O2. The first kappa shape index (κ1) is 14.7. The van der Waals surface area contributed by atoms with E-state index in [1.54, 1.807) is 17.8 Å². The fourth-order valence-corrected chi connectivity index (χ4v) is 3.33. The van der Waals surface area contributed by atoms with Crippen LogP contribution in [0.5, 0.6) is 0 Å². The third kappa shape index (κ3) is 2.40. The summed E-state index contributed by atoms with van der Waals surface area (Å²) in [4.78, 5) is 28.5. The van der Waals surface area contributed by atoms with Gasteiger partial charge in [0.25, 0.3) is 5.56 Å². The number of fused-ring (bicyclic) bond motifs is 1. The van der Waals surface area contributed by atoms with Gasteiger partial charge in [-0.25, -0.2) is 4.98 Å². The van der Waals surface area contributed by atoms with Gasteiger partial charge in [0, 0.05) is 38.4 Å². The number of benzene rings is 1. The van der Waals surface area contributed by atoms with Crippen molar-refractivity contribution >= 4 is 16.8 Å². The number of carbonyl (C=O) groups is 1. The molecule has 1 atom stereocenters. The van der Waals surface area contributed by atoms with Crippen LogP contribution >= 0.6 is 0 Å². The molecule has 1 N–H and O–H groups in total. The lowest BCUT2D eigenvalue weighted by atomic mass is 10.1. The van der Waals surface area contributed by atoms with E-state index in [4.69, 9.17) is 0 Å². The summed E-state index contributed by atoms with van der Waals surface area (Å²) in [6.07, 6.45) is 4.92. The first-order valence-corrected chi connectivity index (χ1v) is 8.03. The van der Waals surface area contributed by atoms with Gasteiger partial charge in [0.2, 0.25) is 5.91 Å². The molecule has 1 saturated heterocycles. The molecule has 2 aromatic heterocycles. The predicted molar refractivity (Wildman–Crippen MR) is 91.6 cm³/mol. The van der Waals surface area contributed by atoms with E-state index in [1.807, 2.05) is 41.1 Å². The molecule has 1 aliphatic rings. The minimum absolute atomic E-state index is 0.0726. The second kappa shape index (κ2) is 5.63. The summed E-state index contributed by atoms with van der Waals surface area (Å²) in [5, 5.41) is 3.95. The summed E-state index contributed by atoms with van der Waals surface area (Å²) < 4.78 is 3.60. The number of imidazole rings is 1. The highest BCUT2D eigenvalue weighted by molar-refractivity contribution is 5.83. The normalized spacial score (nSPS) is 17.4. The van der Waals surface area contributed by atoms with Crippen molar-refractivity contribution in [1.82, 2.24) is 19.4 Å². The quantitative estimate of drug-likeness (QED) is 0.798. The molecule has 0 spiro atoms. The maximum Gasteiger partial charge on any atom is 0.261 e. The van der Waals surface area contributed by atoms with Crippen LogP contribution in [-0.2, 0) is 18.4 Å². The zero-order chi connectivity index (χ0) is 16.7. The van der Waals surface area contributed by atoms with Crippen LogP contribution in [0.15, 0.2) is 47.5 Å². The van der Waals surface area contributed by atoms with Gasteiger partial charge < -0.3 is 14.5 Å². The highest BCUT2D eigenvalue weighted by Crippen LogP contribution is 2.20. The average Bonchev–Trinajstić information content (AvgIpc) is 3.20. The van der Waals surface area contributed by atoms with E-state index in [0.29, 0.717) is 24.4 Å². The monoisotopic (exact) mass is 322 g/mol. The van der Waals surface area contributed by atoms with E-state index in [2.05, 4.69) is 10.3 Å². The van der Waals surface area contributed by atoms with E-state index in [1.165, 1.54) is 0 Å². The number of nitrogens with zero attached hydrogens (tertiary/aromatic N) is 3. The molecule has 3 aromatic rings. The molecule has 0 radical (unpaired) electrons. The molecule has 0 saturated carbocycles. The zero-order valence-electron chi connectivity index (χ0n) is 13.4.